The predicted molar refractivity (Wildman–Crippen MR) is 199 cm³/mol. The monoisotopic (exact) mass is 705 g/mol. The van der Waals surface area contributed by atoms with Crippen molar-refractivity contribution in [1.29, 1.82) is 0 Å². The first-order valence-corrected chi connectivity index (χ1v) is 17.4. The zero-order chi connectivity index (χ0) is 35.6. The second-order valence-electron chi connectivity index (χ2n) is 12.7. The van der Waals surface area contributed by atoms with Crippen LogP contribution in [0.4, 0.5) is 4.39 Å². The van der Waals surface area contributed by atoms with Crippen LogP contribution in [0.15, 0.2) is 109 Å². The number of nitrogens with zero attached hydrogens (tertiary/aromatic N) is 3. The van der Waals surface area contributed by atoms with Gasteiger partial charge in [0.1, 0.15) is 23.9 Å². The molecular weight excluding hydrogens is 665 g/mol. The van der Waals surface area contributed by atoms with Gasteiger partial charge in [-0.3, -0.25) is 9.69 Å². The first-order valence-electron chi connectivity index (χ1n) is 17.1. The molecule has 1 amide bonds. The highest BCUT2D eigenvalue weighted by atomic mass is 35.5. The highest BCUT2D eigenvalue weighted by Crippen LogP contribution is 2.34. The predicted octanol–water partition coefficient (Wildman–Crippen LogP) is 8.84. The molecule has 1 aliphatic rings. The third kappa shape index (κ3) is 10.4. The molecule has 4 aromatic carbocycles. The van der Waals surface area contributed by atoms with Crippen LogP contribution in [0.2, 0.25) is 5.02 Å². The summed E-state index contributed by atoms with van der Waals surface area (Å²) in [4.78, 5) is 21.7. The number of hydrogen-bond donors (Lipinski definition) is 0. The van der Waals surface area contributed by atoms with E-state index in [1.54, 1.807) is 42.6 Å². The Labute approximate surface area is 303 Å². The van der Waals surface area contributed by atoms with Gasteiger partial charge in [0.25, 0.3) is 0 Å². The fraction of sp³-hybridized carbons (Fsp3) is 0.238. The summed E-state index contributed by atoms with van der Waals surface area (Å²) in [5.74, 6) is 1.94. The summed E-state index contributed by atoms with van der Waals surface area (Å²) < 4.78 is 30.7. The van der Waals surface area contributed by atoms with Gasteiger partial charge in [0, 0.05) is 51.3 Å². The molecule has 7 nitrogen and oxygen atoms in total. The van der Waals surface area contributed by atoms with E-state index in [4.69, 9.17) is 25.8 Å². The van der Waals surface area contributed by atoms with Crippen molar-refractivity contribution in [2.24, 2.45) is 0 Å². The molecule has 0 atom stereocenters. The van der Waals surface area contributed by atoms with Crippen molar-refractivity contribution in [3.8, 4) is 23.1 Å². The minimum absolute atomic E-state index is 0.0233. The van der Waals surface area contributed by atoms with Crippen molar-refractivity contribution in [3.05, 3.63) is 154 Å². The van der Waals surface area contributed by atoms with E-state index in [1.807, 2.05) is 36.1 Å². The topological polar surface area (TPSA) is 64.1 Å². The molecule has 9 heteroatoms. The summed E-state index contributed by atoms with van der Waals surface area (Å²) in [7, 11) is 0. The summed E-state index contributed by atoms with van der Waals surface area (Å²) in [6.45, 7) is 8.72. The number of rotatable bonds is 13. The van der Waals surface area contributed by atoms with E-state index in [9.17, 15) is 9.18 Å². The van der Waals surface area contributed by atoms with Crippen molar-refractivity contribution in [2.45, 2.75) is 33.4 Å². The van der Waals surface area contributed by atoms with Gasteiger partial charge in [-0.1, -0.05) is 65.7 Å². The summed E-state index contributed by atoms with van der Waals surface area (Å²) >= 11 is 6.62. The molecule has 0 N–H and O–H groups in total. The molecule has 1 aromatic heterocycles. The molecule has 0 unspecified atom stereocenters. The molecule has 0 aliphatic carbocycles. The SMILES string of the molecule is Cc1ccc(COc2ccc(Oc3c(C)cc(/C=C/C(=O)N4CCN(Cc5ccc(CCOc6ccc(F)cc6)cc5)CC4)cc3Cl)nc2)cc1. The number of piperazine rings is 1. The molecule has 1 saturated heterocycles. The van der Waals surface area contributed by atoms with Crippen LogP contribution in [0, 0.1) is 19.7 Å². The van der Waals surface area contributed by atoms with Gasteiger partial charge in [-0.25, -0.2) is 9.37 Å². The lowest BCUT2D eigenvalue weighted by molar-refractivity contribution is -0.127. The molecule has 262 valence electrons. The van der Waals surface area contributed by atoms with Gasteiger partial charge in [0.2, 0.25) is 11.8 Å². The van der Waals surface area contributed by atoms with Crippen LogP contribution in [0.5, 0.6) is 23.1 Å². The third-order valence-electron chi connectivity index (χ3n) is 8.70. The van der Waals surface area contributed by atoms with Crippen LogP contribution >= 0.6 is 11.6 Å². The molecule has 1 aliphatic heterocycles. The zero-order valence-electron chi connectivity index (χ0n) is 28.9. The Morgan fingerprint density at radius 1 is 0.824 bits per heavy atom. The summed E-state index contributed by atoms with van der Waals surface area (Å²) in [5.41, 5.74) is 6.35. The number of ether oxygens (including phenoxy) is 3. The van der Waals surface area contributed by atoms with E-state index in [0.29, 0.717) is 54.5 Å². The maximum atomic E-state index is 13.1. The maximum absolute atomic E-state index is 13.1. The lowest BCUT2D eigenvalue weighted by Crippen LogP contribution is -2.47. The average molecular weight is 706 g/mol. The largest absolute Gasteiger partial charge is 0.493 e. The third-order valence-corrected chi connectivity index (χ3v) is 8.98. The fourth-order valence-corrected chi connectivity index (χ4v) is 6.05. The molecule has 0 spiro atoms. The normalized spacial score (nSPS) is 13.4. The highest BCUT2D eigenvalue weighted by Gasteiger charge is 2.20. The minimum Gasteiger partial charge on any atom is -0.493 e. The zero-order valence-corrected chi connectivity index (χ0v) is 29.6. The van der Waals surface area contributed by atoms with E-state index in [0.717, 1.165) is 42.7 Å². The Morgan fingerprint density at radius 3 is 2.20 bits per heavy atom. The van der Waals surface area contributed by atoms with Gasteiger partial charge in [-0.05, 0) is 90.2 Å². The number of halogens is 2. The van der Waals surface area contributed by atoms with E-state index >= 15 is 0 Å². The fourth-order valence-electron chi connectivity index (χ4n) is 5.74. The molecule has 0 saturated carbocycles. The second-order valence-corrected chi connectivity index (χ2v) is 13.1. The standard InChI is InChI=1S/C42H41ClFN3O4/c1-30-3-5-34(6-4-30)29-50-38-16-17-40(45-27-38)51-42-31(2)25-35(26-39(42)43)11-18-41(48)47-22-20-46(21-23-47)28-33-9-7-32(8-10-33)19-24-49-37-14-12-36(44)13-15-37/h3-18,25-27H,19-24,28-29H2,1-2H3/b18-11+. The Morgan fingerprint density at radius 2 is 1.51 bits per heavy atom. The summed E-state index contributed by atoms with van der Waals surface area (Å²) in [5, 5.41) is 0.434. The van der Waals surface area contributed by atoms with Crippen molar-refractivity contribution < 1.29 is 23.4 Å². The van der Waals surface area contributed by atoms with Crippen LogP contribution in [0.3, 0.4) is 0 Å². The average Bonchev–Trinajstić information content (AvgIpc) is 3.14. The number of carbonyl (C=O) groups is 1. The Hall–Kier alpha value is -5.18. The van der Waals surface area contributed by atoms with Crippen LogP contribution in [-0.4, -0.2) is 53.5 Å². The highest BCUT2D eigenvalue weighted by molar-refractivity contribution is 6.32. The Bertz CT molecular complexity index is 1900. The van der Waals surface area contributed by atoms with E-state index in [2.05, 4.69) is 53.2 Å². The van der Waals surface area contributed by atoms with Crippen LogP contribution in [0.25, 0.3) is 6.08 Å². The van der Waals surface area contributed by atoms with Crippen molar-refractivity contribution >= 4 is 23.6 Å². The van der Waals surface area contributed by atoms with E-state index in [1.165, 1.54) is 28.8 Å². The lowest BCUT2D eigenvalue weighted by atomic mass is 10.1. The van der Waals surface area contributed by atoms with Gasteiger partial charge in [0.05, 0.1) is 17.8 Å². The van der Waals surface area contributed by atoms with Gasteiger partial charge in [-0.15, -0.1) is 0 Å². The number of hydrogen-bond acceptors (Lipinski definition) is 6. The molecule has 0 bridgehead atoms. The van der Waals surface area contributed by atoms with Crippen molar-refractivity contribution in [2.75, 3.05) is 32.8 Å². The summed E-state index contributed by atoms with van der Waals surface area (Å²) in [6, 6.07) is 30.1. The molecule has 0 radical (unpaired) electrons. The molecule has 51 heavy (non-hydrogen) atoms. The number of pyridine rings is 1. The van der Waals surface area contributed by atoms with Gasteiger partial charge >= 0.3 is 0 Å². The quantitative estimate of drug-likeness (QED) is 0.114. The second kappa shape index (κ2) is 17.2. The lowest BCUT2D eigenvalue weighted by Gasteiger charge is -2.34. The number of aryl methyl sites for hydroxylation is 2. The molecule has 6 rings (SSSR count). The number of carbonyl (C=O) groups excluding carboxylic acids is 1. The molecular formula is C42H41ClFN3O4. The van der Waals surface area contributed by atoms with E-state index < -0.39 is 0 Å². The molecule has 2 heterocycles. The number of amides is 1. The van der Waals surface area contributed by atoms with Crippen LogP contribution in [0.1, 0.15) is 33.4 Å². The van der Waals surface area contributed by atoms with Crippen LogP contribution in [-0.2, 0) is 24.4 Å². The first-order chi connectivity index (χ1) is 24.8. The number of aromatic nitrogens is 1. The van der Waals surface area contributed by atoms with Crippen molar-refractivity contribution in [3.63, 3.8) is 0 Å². The van der Waals surface area contributed by atoms with Gasteiger partial charge in [0.15, 0.2) is 5.75 Å². The maximum Gasteiger partial charge on any atom is 0.246 e. The van der Waals surface area contributed by atoms with Crippen molar-refractivity contribution in [1.82, 2.24) is 14.8 Å². The minimum atomic E-state index is -0.272. The summed E-state index contributed by atoms with van der Waals surface area (Å²) in [6.07, 6.45) is 5.80. The Balaban J connectivity index is 0.931. The van der Waals surface area contributed by atoms with Gasteiger partial charge in [-0.2, -0.15) is 0 Å². The first kappa shape index (κ1) is 35.6. The smallest absolute Gasteiger partial charge is 0.246 e. The Kier molecular flexibility index (Phi) is 12.0. The number of benzene rings is 4. The molecule has 5 aromatic rings. The van der Waals surface area contributed by atoms with Crippen LogP contribution < -0.4 is 14.2 Å². The van der Waals surface area contributed by atoms with Gasteiger partial charge < -0.3 is 19.1 Å². The van der Waals surface area contributed by atoms with E-state index in [-0.39, 0.29) is 11.7 Å². The molecule has 1 fully saturated rings.